The Morgan fingerprint density at radius 3 is 1.11 bits per heavy atom. The Morgan fingerprint density at radius 1 is 0.523 bits per heavy atom. The minimum absolute atomic E-state index is 0.0000832. The number of carbonyl (C=O) groups excluding carboxylic acids is 2. The summed E-state index contributed by atoms with van der Waals surface area (Å²) in [6.45, 7) is 30.7. The van der Waals surface area contributed by atoms with Crippen LogP contribution in [0.5, 0.6) is 0 Å². The molecule has 0 aromatic heterocycles. The molecule has 0 radical (unpaired) electrons. The van der Waals surface area contributed by atoms with Gasteiger partial charge >= 0.3 is 11.9 Å². The van der Waals surface area contributed by atoms with Crippen molar-refractivity contribution in [2.24, 2.45) is 0 Å². The molecule has 3 rings (SSSR count). The molecular formula is C40H54O4. The van der Waals surface area contributed by atoms with Gasteiger partial charge in [0.25, 0.3) is 0 Å². The monoisotopic (exact) mass is 598 g/mol. The van der Waals surface area contributed by atoms with Crippen molar-refractivity contribution in [3.63, 3.8) is 0 Å². The van der Waals surface area contributed by atoms with E-state index in [9.17, 15) is 9.59 Å². The molecule has 0 aliphatic rings. The highest BCUT2D eigenvalue weighted by atomic mass is 16.5. The first-order valence-electron chi connectivity index (χ1n) is 15.7. The molecule has 0 saturated heterocycles. The molecular weight excluding hydrogens is 544 g/mol. The summed E-state index contributed by atoms with van der Waals surface area (Å²) in [7, 11) is 0. The van der Waals surface area contributed by atoms with Crippen molar-refractivity contribution in [1.82, 2.24) is 0 Å². The lowest BCUT2D eigenvalue weighted by Gasteiger charge is -2.29. The normalized spacial score (nSPS) is 12.7. The number of hydrogen-bond donors (Lipinski definition) is 0. The van der Waals surface area contributed by atoms with Gasteiger partial charge in [0.05, 0.1) is 11.1 Å². The summed E-state index contributed by atoms with van der Waals surface area (Å²) < 4.78 is 11.8. The number of hydrogen-bond acceptors (Lipinski definition) is 4. The van der Waals surface area contributed by atoms with Crippen molar-refractivity contribution in [3.05, 3.63) is 104 Å². The van der Waals surface area contributed by atoms with E-state index in [0.717, 1.165) is 33.4 Å². The Hall–Kier alpha value is -3.40. The van der Waals surface area contributed by atoms with E-state index in [2.05, 4.69) is 121 Å². The van der Waals surface area contributed by atoms with Gasteiger partial charge < -0.3 is 9.47 Å². The van der Waals surface area contributed by atoms with E-state index in [4.69, 9.17) is 9.47 Å². The molecule has 0 N–H and O–H groups in total. The molecule has 0 aliphatic heterocycles. The van der Waals surface area contributed by atoms with Gasteiger partial charge in [0.1, 0.15) is 13.2 Å². The molecule has 44 heavy (non-hydrogen) atoms. The predicted octanol–water partition coefficient (Wildman–Crippen LogP) is 10.2. The van der Waals surface area contributed by atoms with Gasteiger partial charge in [0.2, 0.25) is 0 Å². The molecule has 0 heterocycles. The maximum absolute atomic E-state index is 13.5. The van der Waals surface area contributed by atoms with E-state index in [1.54, 1.807) is 24.3 Å². The quantitative estimate of drug-likeness (QED) is 0.265. The van der Waals surface area contributed by atoms with Crippen molar-refractivity contribution in [2.75, 3.05) is 0 Å². The molecule has 4 heteroatoms. The molecule has 0 atom stereocenters. The summed E-state index contributed by atoms with van der Waals surface area (Å²) >= 11 is 0. The molecule has 3 aromatic rings. The number of esters is 2. The van der Waals surface area contributed by atoms with Gasteiger partial charge in [-0.25, -0.2) is 9.59 Å². The number of carbonyl (C=O) groups is 2. The second-order valence-corrected chi connectivity index (χ2v) is 16.3. The highest BCUT2D eigenvalue weighted by Crippen LogP contribution is 2.36. The van der Waals surface area contributed by atoms with Crippen molar-refractivity contribution in [2.45, 2.75) is 132 Å². The zero-order chi connectivity index (χ0) is 33.4. The minimum Gasteiger partial charge on any atom is -0.457 e. The van der Waals surface area contributed by atoms with Gasteiger partial charge in [-0.2, -0.15) is 0 Å². The smallest absolute Gasteiger partial charge is 0.339 e. The molecule has 4 nitrogen and oxygen atoms in total. The largest absolute Gasteiger partial charge is 0.457 e. The molecule has 0 aliphatic carbocycles. The fourth-order valence-electron chi connectivity index (χ4n) is 5.49. The van der Waals surface area contributed by atoms with Crippen molar-refractivity contribution in [3.8, 4) is 0 Å². The lowest BCUT2D eigenvalue weighted by molar-refractivity contribution is 0.0422. The second kappa shape index (κ2) is 12.5. The lowest BCUT2D eigenvalue weighted by Crippen LogP contribution is -2.21. The van der Waals surface area contributed by atoms with Crippen LogP contribution < -0.4 is 0 Å². The van der Waals surface area contributed by atoms with Crippen LogP contribution in [0.2, 0.25) is 0 Å². The Bertz CT molecular complexity index is 1410. The van der Waals surface area contributed by atoms with Gasteiger partial charge in [-0.1, -0.05) is 119 Å². The molecule has 0 bridgehead atoms. The Kier molecular flexibility index (Phi) is 10.00. The Morgan fingerprint density at radius 2 is 0.841 bits per heavy atom. The molecule has 0 spiro atoms. The van der Waals surface area contributed by atoms with E-state index in [1.807, 2.05) is 0 Å². The van der Waals surface area contributed by atoms with Crippen LogP contribution in [0, 0.1) is 13.8 Å². The van der Waals surface area contributed by atoms with Crippen LogP contribution in [0.25, 0.3) is 0 Å². The van der Waals surface area contributed by atoms with Crippen LogP contribution in [0.15, 0.2) is 48.5 Å². The zero-order valence-corrected chi connectivity index (χ0v) is 29.7. The van der Waals surface area contributed by atoms with Crippen molar-refractivity contribution in [1.29, 1.82) is 0 Å². The summed E-state index contributed by atoms with van der Waals surface area (Å²) in [5, 5.41) is 0. The summed E-state index contributed by atoms with van der Waals surface area (Å²) in [5.41, 5.74) is 9.14. The Balaban J connectivity index is 1.88. The van der Waals surface area contributed by atoms with Gasteiger partial charge in [0, 0.05) is 0 Å². The topological polar surface area (TPSA) is 52.6 Å². The number of aryl methyl sites for hydroxylation is 2. The van der Waals surface area contributed by atoms with Gasteiger partial charge in [-0.05, 0) is 92.1 Å². The van der Waals surface area contributed by atoms with Crippen LogP contribution in [0.4, 0.5) is 0 Å². The first-order valence-corrected chi connectivity index (χ1v) is 15.7. The lowest BCUT2D eigenvalue weighted by atomic mass is 9.77. The molecule has 0 unspecified atom stereocenters. The summed E-state index contributed by atoms with van der Waals surface area (Å²) in [5.74, 6) is -1.09. The maximum atomic E-state index is 13.5. The predicted molar refractivity (Wildman–Crippen MR) is 182 cm³/mol. The second-order valence-electron chi connectivity index (χ2n) is 16.3. The SMILES string of the molecule is Cc1cc(C(C)(C)C)cc(C(C)(C)C)c1COC(=O)c1ccccc1C(=O)OCc1c(C)cc(C(C)(C)C)cc1C(C)(C)C. The fourth-order valence-corrected chi connectivity index (χ4v) is 5.49. The molecule has 0 saturated carbocycles. The summed E-state index contributed by atoms with van der Waals surface area (Å²) in [6, 6.07) is 15.6. The summed E-state index contributed by atoms with van der Waals surface area (Å²) in [4.78, 5) is 26.9. The molecule has 0 fully saturated rings. The standard InChI is InChI=1S/C40H54O4/c1-25-19-27(37(3,4)5)21-33(39(9,10)11)31(25)23-43-35(41)29-17-15-16-18-30(29)36(42)44-24-32-26(2)20-28(38(6,7)8)22-34(32)40(12,13)14/h15-22H,23-24H2,1-14H3. The molecule has 238 valence electrons. The summed E-state index contributed by atoms with van der Waals surface area (Å²) in [6.07, 6.45) is 0. The fraction of sp³-hybridized carbons (Fsp3) is 0.500. The van der Waals surface area contributed by atoms with E-state index < -0.39 is 11.9 Å². The van der Waals surface area contributed by atoms with Crippen LogP contribution in [0.1, 0.15) is 148 Å². The first-order chi connectivity index (χ1) is 20.0. The van der Waals surface area contributed by atoms with E-state index in [1.165, 1.54) is 11.1 Å². The third-order valence-electron chi connectivity index (χ3n) is 8.36. The van der Waals surface area contributed by atoms with Gasteiger partial charge in [0.15, 0.2) is 0 Å². The van der Waals surface area contributed by atoms with Crippen LogP contribution in [0.3, 0.4) is 0 Å². The van der Waals surface area contributed by atoms with Crippen molar-refractivity contribution >= 4 is 11.9 Å². The maximum Gasteiger partial charge on any atom is 0.339 e. The van der Waals surface area contributed by atoms with Gasteiger partial charge in [-0.3, -0.25) is 0 Å². The van der Waals surface area contributed by atoms with E-state index >= 15 is 0 Å². The average Bonchev–Trinajstić information content (AvgIpc) is 2.88. The molecule has 0 amide bonds. The third kappa shape index (κ3) is 8.20. The first kappa shape index (κ1) is 35.1. The third-order valence-corrected chi connectivity index (χ3v) is 8.36. The zero-order valence-electron chi connectivity index (χ0n) is 29.7. The number of benzene rings is 3. The van der Waals surface area contributed by atoms with Crippen molar-refractivity contribution < 1.29 is 19.1 Å². The van der Waals surface area contributed by atoms with Crippen LogP contribution in [-0.2, 0) is 44.3 Å². The van der Waals surface area contributed by atoms with E-state index in [0.29, 0.717) is 0 Å². The average molecular weight is 599 g/mol. The number of rotatable bonds is 6. The highest BCUT2D eigenvalue weighted by molar-refractivity contribution is 6.03. The van der Waals surface area contributed by atoms with Crippen LogP contribution in [-0.4, -0.2) is 11.9 Å². The molecule has 3 aromatic carbocycles. The van der Waals surface area contributed by atoms with Gasteiger partial charge in [-0.15, -0.1) is 0 Å². The Labute approximate surface area is 266 Å². The number of ether oxygens (including phenoxy) is 2. The van der Waals surface area contributed by atoms with Crippen LogP contribution >= 0.6 is 0 Å². The van der Waals surface area contributed by atoms with E-state index in [-0.39, 0.29) is 46.0 Å². The highest BCUT2D eigenvalue weighted by Gasteiger charge is 2.27. The minimum atomic E-state index is -0.544.